The molecule has 0 fully saturated rings. The number of rotatable bonds is 6. The lowest BCUT2D eigenvalue weighted by Crippen LogP contribution is -2.13. The molecule has 0 spiro atoms. The van der Waals surface area contributed by atoms with Crippen LogP contribution in [0.5, 0.6) is 0 Å². The van der Waals surface area contributed by atoms with Crippen LogP contribution in [0.25, 0.3) is 11.4 Å². The van der Waals surface area contributed by atoms with E-state index in [0.717, 1.165) is 11.1 Å². The average molecular weight is 439 g/mol. The molecule has 2 aromatic carbocycles. The van der Waals surface area contributed by atoms with E-state index in [0.29, 0.717) is 33.8 Å². The fraction of sp³-hybridized carbons (Fsp3) is 0.0476. The number of nitrogens with two attached hydrogens (primary N) is 1. The zero-order valence-corrected chi connectivity index (χ0v) is 17.1. The van der Waals surface area contributed by atoms with Gasteiger partial charge >= 0.3 is 0 Å². The molecular formula is C21H16Cl2N6O. The zero-order valence-electron chi connectivity index (χ0n) is 15.6. The van der Waals surface area contributed by atoms with Gasteiger partial charge in [-0.1, -0.05) is 65.7 Å². The Balaban J connectivity index is 1.62. The molecule has 0 aliphatic carbocycles. The van der Waals surface area contributed by atoms with Crippen LogP contribution >= 0.6 is 23.2 Å². The van der Waals surface area contributed by atoms with Crippen LogP contribution in [-0.2, 0) is 6.42 Å². The van der Waals surface area contributed by atoms with Crippen molar-refractivity contribution in [2.75, 3.05) is 0 Å². The van der Waals surface area contributed by atoms with E-state index in [1.165, 1.54) is 6.21 Å². The van der Waals surface area contributed by atoms with Crippen molar-refractivity contribution in [3.05, 3.63) is 87.3 Å². The molecule has 4 N–H and O–H groups in total. The quantitative estimate of drug-likeness (QED) is 0.383. The Hall–Kier alpha value is -3.42. The number of carbonyl (C=O) groups excluding carboxylic acids is 1. The van der Waals surface area contributed by atoms with Crippen molar-refractivity contribution < 1.29 is 4.79 Å². The standard InChI is InChI=1S/C21H16Cl2N6O/c22-14-8-4-5-12(9-14)10-15-17(19(24)30)21(29-28-15)25-11-16-18(23)27-20(26-16)13-6-2-1-3-7-13/h1-9,11H,10H2,(H2,24,30)(H,26,27)(H,28,29). The van der Waals surface area contributed by atoms with Gasteiger partial charge in [0.15, 0.2) is 5.82 Å². The smallest absolute Gasteiger partial charge is 0.254 e. The van der Waals surface area contributed by atoms with Gasteiger partial charge in [-0.3, -0.25) is 9.89 Å². The predicted octanol–water partition coefficient (Wildman–Crippen LogP) is 4.55. The first-order valence-corrected chi connectivity index (χ1v) is 9.73. The molecule has 1 amide bonds. The SMILES string of the molecule is NC(=O)c1c(N=Cc2nc(-c3ccccc3)[nH]c2Cl)n[nH]c1Cc1cccc(Cl)c1. The molecule has 2 aromatic heterocycles. The number of nitrogens with one attached hydrogen (secondary N) is 2. The summed E-state index contributed by atoms with van der Waals surface area (Å²) in [6.07, 6.45) is 1.85. The second-order valence-corrected chi connectivity index (χ2v) is 7.29. The molecule has 150 valence electrons. The second-order valence-electron chi connectivity index (χ2n) is 6.48. The molecule has 4 rings (SSSR count). The maximum Gasteiger partial charge on any atom is 0.254 e. The van der Waals surface area contributed by atoms with Gasteiger partial charge in [0.2, 0.25) is 0 Å². The van der Waals surface area contributed by atoms with Crippen molar-refractivity contribution in [1.29, 1.82) is 0 Å². The van der Waals surface area contributed by atoms with E-state index in [1.807, 2.05) is 48.5 Å². The van der Waals surface area contributed by atoms with E-state index in [2.05, 4.69) is 25.2 Å². The van der Waals surface area contributed by atoms with Crippen LogP contribution in [0.2, 0.25) is 10.2 Å². The molecule has 0 saturated carbocycles. The number of nitrogens with zero attached hydrogens (tertiary/aromatic N) is 3. The Bertz CT molecular complexity index is 1230. The zero-order chi connectivity index (χ0) is 21.1. The first kappa shape index (κ1) is 19.9. The van der Waals surface area contributed by atoms with E-state index in [9.17, 15) is 4.79 Å². The highest BCUT2D eigenvalue weighted by Gasteiger charge is 2.18. The lowest BCUT2D eigenvalue weighted by atomic mass is 10.1. The number of carbonyl (C=O) groups is 1. The maximum absolute atomic E-state index is 12.0. The van der Waals surface area contributed by atoms with E-state index in [-0.39, 0.29) is 11.4 Å². The minimum atomic E-state index is -0.633. The number of hydrogen-bond donors (Lipinski definition) is 3. The van der Waals surface area contributed by atoms with Crippen LogP contribution in [0.15, 0.2) is 59.6 Å². The van der Waals surface area contributed by atoms with Crippen LogP contribution in [0.1, 0.15) is 27.3 Å². The van der Waals surface area contributed by atoms with Gasteiger partial charge in [0, 0.05) is 17.0 Å². The molecule has 0 atom stereocenters. The highest BCUT2D eigenvalue weighted by molar-refractivity contribution is 6.32. The molecular weight excluding hydrogens is 423 g/mol. The van der Waals surface area contributed by atoms with Crippen molar-refractivity contribution in [3.8, 4) is 11.4 Å². The normalized spacial score (nSPS) is 11.3. The van der Waals surface area contributed by atoms with Crippen LogP contribution in [0, 0.1) is 0 Å². The number of amides is 1. The molecule has 0 unspecified atom stereocenters. The first-order chi connectivity index (χ1) is 14.5. The summed E-state index contributed by atoms with van der Waals surface area (Å²) < 4.78 is 0. The summed E-state index contributed by atoms with van der Waals surface area (Å²) in [5.41, 5.74) is 8.56. The number of H-pyrrole nitrogens is 2. The largest absolute Gasteiger partial charge is 0.365 e. The number of benzene rings is 2. The summed E-state index contributed by atoms with van der Waals surface area (Å²) in [5, 5.41) is 7.90. The van der Waals surface area contributed by atoms with Gasteiger partial charge in [0.05, 0.1) is 11.9 Å². The summed E-state index contributed by atoms with van der Waals surface area (Å²) in [4.78, 5) is 23.8. The van der Waals surface area contributed by atoms with Crippen molar-refractivity contribution in [3.63, 3.8) is 0 Å². The number of halogens is 2. The maximum atomic E-state index is 12.0. The second kappa shape index (κ2) is 8.52. The molecule has 9 heteroatoms. The molecule has 0 aliphatic heterocycles. The minimum absolute atomic E-state index is 0.167. The van der Waals surface area contributed by atoms with Gasteiger partial charge < -0.3 is 10.7 Å². The Morgan fingerprint density at radius 1 is 1.13 bits per heavy atom. The van der Waals surface area contributed by atoms with Gasteiger partial charge in [-0.15, -0.1) is 0 Å². The summed E-state index contributed by atoms with van der Waals surface area (Å²) in [5.74, 6) is 0.145. The number of primary amides is 1. The molecule has 0 saturated heterocycles. The van der Waals surface area contributed by atoms with Crippen molar-refractivity contribution in [2.45, 2.75) is 6.42 Å². The summed E-state index contributed by atoms with van der Waals surface area (Å²) in [7, 11) is 0. The van der Waals surface area contributed by atoms with Crippen molar-refractivity contribution in [1.82, 2.24) is 20.2 Å². The summed E-state index contributed by atoms with van der Waals surface area (Å²) in [6, 6.07) is 16.9. The van der Waals surface area contributed by atoms with Crippen LogP contribution < -0.4 is 5.73 Å². The topological polar surface area (TPSA) is 113 Å². The van der Waals surface area contributed by atoms with Crippen molar-refractivity contribution >= 4 is 41.1 Å². The Morgan fingerprint density at radius 2 is 1.93 bits per heavy atom. The third-order valence-corrected chi connectivity index (χ3v) is 4.90. The summed E-state index contributed by atoms with van der Waals surface area (Å²) in [6.45, 7) is 0. The fourth-order valence-electron chi connectivity index (χ4n) is 3.00. The number of aromatic nitrogens is 4. The molecule has 7 nitrogen and oxygen atoms in total. The number of hydrogen-bond acceptors (Lipinski definition) is 4. The average Bonchev–Trinajstić information content (AvgIpc) is 3.30. The van der Waals surface area contributed by atoms with Crippen LogP contribution in [0.4, 0.5) is 5.82 Å². The molecule has 2 heterocycles. The fourth-order valence-corrected chi connectivity index (χ4v) is 3.40. The lowest BCUT2D eigenvalue weighted by Gasteiger charge is -2.02. The van der Waals surface area contributed by atoms with Crippen LogP contribution in [-0.4, -0.2) is 32.3 Å². The van der Waals surface area contributed by atoms with E-state index in [4.69, 9.17) is 28.9 Å². The highest BCUT2D eigenvalue weighted by Crippen LogP contribution is 2.24. The molecule has 30 heavy (non-hydrogen) atoms. The van der Waals surface area contributed by atoms with Crippen molar-refractivity contribution in [2.24, 2.45) is 10.7 Å². The lowest BCUT2D eigenvalue weighted by molar-refractivity contribution is 0.100. The molecule has 0 radical (unpaired) electrons. The molecule has 0 bridgehead atoms. The first-order valence-electron chi connectivity index (χ1n) is 8.97. The van der Waals surface area contributed by atoms with Gasteiger partial charge in [-0.25, -0.2) is 9.98 Å². The third kappa shape index (κ3) is 4.27. The van der Waals surface area contributed by atoms with Gasteiger partial charge in [0.1, 0.15) is 22.2 Å². The van der Waals surface area contributed by atoms with Gasteiger partial charge in [-0.2, -0.15) is 5.10 Å². The highest BCUT2D eigenvalue weighted by atomic mass is 35.5. The molecule has 0 aliphatic rings. The van der Waals surface area contributed by atoms with Gasteiger partial charge in [-0.05, 0) is 17.7 Å². The Kier molecular flexibility index (Phi) is 5.65. The third-order valence-electron chi connectivity index (χ3n) is 4.38. The number of imidazole rings is 1. The Labute approximate surface area is 182 Å². The van der Waals surface area contributed by atoms with Crippen LogP contribution in [0.3, 0.4) is 0 Å². The van der Waals surface area contributed by atoms with E-state index >= 15 is 0 Å². The minimum Gasteiger partial charge on any atom is -0.365 e. The predicted molar refractivity (Wildman–Crippen MR) is 118 cm³/mol. The summed E-state index contributed by atoms with van der Waals surface area (Å²) >= 11 is 12.3. The monoisotopic (exact) mass is 438 g/mol. The molecule has 4 aromatic rings. The number of aromatic amines is 2. The van der Waals surface area contributed by atoms with Gasteiger partial charge in [0.25, 0.3) is 5.91 Å². The Morgan fingerprint density at radius 3 is 2.67 bits per heavy atom. The van der Waals surface area contributed by atoms with E-state index < -0.39 is 5.91 Å². The number of aliphatic imine (C=N–C) groups is 1. The van der Waals surface area contributed by atoms with E-state index in [1.54, 1.807) is 6.07 Å².